The topological polar surface area (TPSA) is 74.6 Å². The van der Waals surface area contributed by atoms with Gasteiger partial charge in [0.1, 0.15) is 6.33 Å². The highest BCUT2D eigenvalue weighted by molar-refractivity contribution is 7.78. The molecule has 0 spiro atoms. The van der Waals surface area contributed by atoms with E-state index in [0.717, 1.165) is 49.3 Å². The lowest BCUT2D eigenvalue weighted by molar-refractivity contribution is -0.119. The van der Waals surface area contributed by atoms with Gasteiger partial charge in [0.25, 0.3) is 5.91 Å². The van der Waals surface area contributed by atoms with Crippen molar-refractivity contribution in [3.63, 3.8) is 0 Å². The van der Waals surface area contributed by atoms with Gasteiger partial charge in [-0.1, -0.05) is 6.07 Å². The largest absolute Gasteiger partial charge is 0.314 e. The smallest absolute Gasteiger partial charge is 0.296 e. The summed E-state index contributed by atoms with van der Waals surface area (Å²) in [4.78, 5) is 34.9. The molecular formula is C18H22N6O2S. The number of benzene rings is 1. The van der Waals surface area contributed by atoms with Crippen LogP contribution in [0.15, 0.2) is 24.5 Å². The zero-order valence-corrected chi connectivity index (χ0v) is 16.1. The number of rotatable bonds is 4. The van der Waals surface area contributed by atoms with Crippen LogP contribution in [0.25, 0.3) is 0 Å². The molecule has 0 radical (unpaired) electrons. The van der Waals surface area contributed by atoms with Gasteiger partial charge in [0.05, 0.1) is 6.54 Å². The minimum atomic E-state index is -0.246. The molecule has 0 atom stereocenters. The summed E-state index contributed by atoms with van der Waals surface area (Å²) in [5, 5.41) is 3.85. The van der Waals surface area contributed by atoms with Gasteiger partial charge in [0, 0.05) is 25.0 Å². The highest BCUT2D eigenvalue weighted by atomic mass is 32.1. The second kappa shape index (κ2) is 7.32. The van der Waals surface area contributed by atoms with Gasteiger partial charge in [-0.25, -0.2) is 4.98 Å². The maximum absolute atomic E-state index is 12.8. The normalized spacial score (nSPS) is 16.6. The number of hydrogen-bond acceptors (Lipinski definition) is 6. The first-order valence-corrected chi connectivity index (χ1v) is 9.47. The van der Waals surface area contributed by atoms with Crippen LogP contribution in [0.2, 0.25) is 0 Å². The number of carbonyl (C=O) groups excluding carboxylic acids is 2. The van der Waals surface area contributed by atoms with E-state index in [1.165, 1.54) is 10.4 Å². The van der Waals surface area contributed by atoms with Crippen molar-refractivity contribution < 1.29 is 9.59 Å². The number of aromatic nitrogens is 3. The summed E-state index contributed by atoms with van der Waals surface area (Å²) < 4.78 is 1.18. The summed E-state index contributed by atoms with van der Waals surface area (Å²) in [6.07, 6.45) is 4.39. The SMILES string of the molecule is CN(C(=O)CN1CCCC1)c1ccc2c(c1)N(C(=O)c1ncnn1S)CC2. The third kappa shape index (κ3) is 3.44. The number of carbonyl (C=O) groups is 2. The van der Waals surface area contributed by atoms with Gasteiger partial charge in [-0.15, -0.1) is 5.10 Å². The summed E-state index contributed by atoms with van der Waals surface area (Å²) in [7, 11) is 1.78. The first-order chi connectivity index (χ1) is 13.0. The molecule has 2 aliphatic heterocycles. The molecule has 8 nitrogen and oxygen atoms in total. The summed E-state index contributed by atoms with van der Waals surface area (Å²) in [6.45, 7) is 2.97. The van der Waals surface area contributed by atoms with Crippen LogP contribution in [0.5, 0.6) is 0 Å². The predicted molar refractivity (Wildman–Crippen MR) is 105 cm³/mol. The Morgan fingerprint density at radius 1 is 1.22 bits per heavy atom. The molecule has 27 heavy (non-hydrogen) atoms. The van der Waals surface area contributed by atoms with Crippen molar-refractivity contribution in [3.8, 4) is 0 Å². The number of fused-ring (bicyclic) bond motifs is 1. The maximum Gasteiger partial charge on any atom is 0.296 e. The van der Waals surface area contributed by atoms with Crippen LogP contribution in [0.3, 0.4) is 0 Å². The molecular weight excluding hydrogens is 364 g/mol. The van der Waals surface area contributed by atoms with Crippen molar-refractivity contribution in [3.05, 3.63) is 35.9 Å². The Morgan fingerprint density at radius 2 is 2.00 bits per heavy atom. The molecule has 9 heteroatoms. The van der Waals surface area contributed by atoms with Gasteiger partial charge in [-0.2, -0.15) is 4.09 Å². The molecule has 2 aromatic rings. The summed E-state index contributed by atoms with van der Waals surface area (Å²) in [5.41, 5.74) is 2.68. The monoisotopic (exact) mass is 386 g/mol. The van der Waals surface area contributed by atoms with Crippen LogP contribution in [-0.2, 0) is 11.2 Å². The van der Waals surface area contributed by atoms with E-state index >= 15 is 0 Å². The number of hydrogen-bond donors (Lipinski definition) is 1. The molecule has 1 saturated heterocycles. The molecule has 0 saturated carbocycles. The summed E-state index contributed by atoms with van der Waals surface area (Å²) >= 11 is 4.12. The second-order valence-electron chi connectivity index (χ2n) is 6.93. The number of likely N-dealkylation sites (tertiary alicyclic amines) is 1. The van der Waals surface area contributed by atoms with Gasteiger partial charge in [0.2, 0.25) is 11.7 Å². The Labute approximate surface area is 163 Å². The summed E-state index contributed by atoms with van der Waals surface area (Å²) in [5.74, 6) is -0.0117. The third-order valence-corrected chi connectivity index (χ3v) is 5.54. The van der Waals surface area contributed by atoms with Gasteiger partial charge in [-0.3, -0.25) is 14.5 Å². The standard InChI is InChI=1S/C18H22N6O2S/c1-21(16(25)11-22-7-2-3-8-22)14-5-4-13-6-9-23(15(13)10-14)18(26)17-19-12-20-24(17)27/h4-5,10,12,27H,2-3,6-9,11H2,1H3. The molecule has 1 fully saturated rings. The quantitative estimate of drug-likeness (QED) is 0.800. The molecule has 0 N–H and O–H groups in total. The number of thiol groups is 1. The molecule has 3 heterocycles. The highest BCUT2D eigenvalue weighted by Crippen LogP contribution is 2.33. The first kappa shape index (κ1) is 18.0. The van der Waals surface area contributed by atoms with Crippen LogP contribution in [0, 0.1) is 0 Å². The Balaban J connectivity index is 1.54. The Bertz CT molecular complexity index is 876. The highest BCUT2D eigenvalue weighted by Gasteiger charge is 2.29. The van der Waals surface area contributed by atoms with Crippen LogP contribution in [0.4, 0.5) is 11.4 Å². The fraction of sp³-hybridized carbons (Fsp3) is 0.444. The maximum atomic E-state index is 12.8. The van der Waals surface area contributed by atoms with E-state index in [9.17, 15) is 9.59 Å². The number of likely N-dealkylation sites (N-methyl/N-ethyl adjacent to an activating group) is 1. The number of amides is 2. The lowest BCUT2D eigenvalue weighted by Gasteiger charge is -2.23. The van der Waals surface area contributed by atoms with Crippen molar-refractivity contribution in [2.45, 2.75) is 19.3 Å². The van der Waals surface area contributed by atoms with Gasteiger partial charge < -0.3 is 9.80 Å². The molecule has 2 amide bonds. The van der Waals surface area contributed by atoms with E-state index < -0.39 is 0 Å². The van der Waals surface area contributed by atoms with Crippen molar-refractivity contribution in [1.82, 2.24) is 19.1 Å². The van der Waals surface area contributed by atoms with Crippen LogP contribution in [0.1, 0.15) is 29.0 Å². The van der Waals surface area contributed by atoms with Crippen LogP contribution in [-0.4, -0.2) is 64.1 Å². The van der Waals surface area contributed by atoms with Gasteiger partial charge in [-0.05, 0) is 62.9 Å². The van der Waals surface area contributed by atoms with E-state index in [0.29, 0.717) is 13.1 Å². The molecule has 1 aromatic heterocycles. The Kier molecular flexibility index (Phi) is 4.88. The van der Waals surface area contributed by atoms with Crippen LogP contribution < -0.4 is 9.80 Å². The second-order valence-corrected chi connectivity index (χ2v) is 7.31. The lowest BCUT2D eigenvalue weighted by Crippen LogP contribution is -2.37. The zero-order chi connectivity index (χ0) is 19.0. The first-order valence-electron chi connectivity index (χ1n) is 9.07. The van der Waals surface area contributed by atoms with Crippen molar-refractivity contribution in [1.29, 1.82) is 0 Å². The van der Waals surface area contributed by atoms with E-state index in [-0.39, 0.29) is 17.6 Å². The van der Waals surface area contributed by atoms with Crippen molar-refractivity contribution in [2.24, 2.45) is 0 Å². The van der Waals surface area contributed by atoms with Crippen LogP contribution >= 0.6 is 12.8 Å². The van der Waals surface area contributed by atoms with E-state index in [1.54, 1.807) is 16.8 Å². The van der Waals surface area contributed by atoms with Crippen molar-refractivity contribution in [2.75, 3.05) is 43.0 Å². The average Bonchev–Trinajstić information content (AvgIpc) is 3.40. The lowest BCUT2D eigenvalue weighted by atomic mass is 10.1. The van der Waals surface area contributed by atoms with Crippen molar-refractivity contribution >= 4 is 36.0 Å². The molecule has 0 unspecified atom stereocenters. The van der Waals surface area contributed by atoms with E-state index in [2.05, 4.69) is 27.8 Å². The molecule has 0 aliphatic carbocycles. The number of nitrogens with zero attached hydrogens (tertiary/aromatic N) is 6. The molecule has 1 aromatic carbocycles. The third-order valence-electron chi connectivity index (χ3n) is 5.25. The Hall–Kier alpha value is -2.39. The predicted octanol–water partition coefficient (Wildman–Crippen LogP) is 1.23. The summed E-state index contributed by atoms with van der Waals surface area (Å²) in [6, 6.07) is 5.83. The van der Waals surface area contributed by atoms with E-state index in [4.69, 9.17) is 0 Å². The Morgan fingerprint density at radius 3 is 2.70 bits per heavy atom. The molecule has 4 rings (SSSR count). The van der Waals surface area contributed by atoms with E-state index in [1.807, 2.05) is 18.2 Å². The zero-order valence-electron chi connectivity index (χ0n) is 15.2. The number of anilines is 2. The average molecular weight is 386 g/mol. The molecule has 142 valence electrons. The van der Waals surface area contributed by atoms with Gasteiger partial charge in [0.15, 0.2) is 0 Å². The minimum absolute atomic E-state index is 0.0582. The minimum Gasteiger partial charge on any atom is -0.314 e. The fourth-order valence-electron chi connectivity index (χ4n) is 3.67. The van der Waals surface area contributed by atoms with Gasteiger partial charge >= 0.3 is 0 Å². The fourth-order valence-corrected chi connectivity index (χ4v) is 3.85. The molecule has 0 bridgehead atoms. The molecule has 2 aliphatic rings.